The Balaban J connectivity index is 1.27. The van der Waals surface area contributed by atoms with Crippen molar-refractivity contribution in [3.05, 3.63) is 35.4 Å². The number of carbonyl (C=O) groups excluding carboxylic acids is 1. The predicted octanol–water partition coefficient (Wildman–Crippen LogP) is 2.39. The van der Waals surface area contributed by atoms with Gasteiger partial charge in [0.05, 0.1) is 6.04 Å². The Labute approximate surface area is 151 Å². The topological polar surface area (TPSA) is 47.6 Å². The summed E-state index contributed by atoms with van der Waals surface area (Å²) >= 11 is 0. The Morgan fingerprint density at radius 1 is 1.12 bits per heavy atom. The molecular formula is C20H32N4O. The van der Waals surface area contributed by atoms with Crippen LogP contribution in [0.5, 0.6) is 0 Å². The van der Waals surface area contributed by atoms with Gasteiger partial charge in [0.15, 0.2) is 0 Å². The molecule has 1 atom stereocenters. The van der Waals surface area contributed by atoms with Gasteiger partial charge in [0.2, 0.25) is 0 Å². The molecule has 25 heavy (non-hydrogen) atoms. The van der Waals surface area contributed by atoms with Crippen LogP contribution in [0.4, 0.5) is 4.79 Å². The van der Waals surface area contributed by atoms with Gasteiger partial charge in [-0.1, -0.05) is 31.2 Å². The second kappa shape index (κ2) is 9.20. The number of fused-ring (bicyclic) bond motifs is 1. The molecule has 138 valence electrons. The standard InChI is InChI=1S/C20H32N4O/c1-2-23-13-15-24(16-14-23)12-6-5-11-21-20(25)22-19-10-9-17-7-3-4-8-18(17)19/h3-4,7-8,19H,2,5-6,9-16H2,1H3,(H2,21,22,25)/t19-/m1/s1. The van der Waals surface area contributed by atoms with Crippen LogP contribution in [0.3, 0.4) is 0 Å². The Kier molecular flexibility index (Phi) is 6.70. The molecular weight excluding hydrogens is 312 g/mol. The number of carbonyl (C=O) groups is 1. The van der Waals surface area contributed by atoms with E-state index in [9.17, 15) is 4.79 Å². The van der Waals surface area contributed by atoms with Crippen molar-refractivity contribution in [1.29, 1.82) is 0 Å². The number of amides is 2. The maximum atomic E-state index is 12.1. The molecule has 0 unspecified atom stereocenters. The number of piperazine rings is 1. The molecule has 3 rings (SSSR count). The quantitative estimate of drug-likeness (QED) is 0.747. The molecule has 1 aliphatic heterocycles. The third-order valence-corrected chi connectivity index (χ3v) is 5.54. The Morgan fingerprint density at radius 2 is 1.88 bits per heavy atom. The fourth-order valence-corrected chi connectivity index (χ4v) is 3.91. The number of likely N-dealkylation sites (N-methyl/N-ethyl adjacent to an activating group) is 1. The van der Waals surface area contributed by atoms with Crippen molar-refractivity contribution in [1.82, 2.24) is 20.4 Å². The van der Waals surface area contributed by atoms with E-state index in [2.05, 4.69) is 51.6 Å². The Hall–Kier alpha value is -1.59. The van der Waals surface area contributed by atoms with Crippen LogP contribution in [-0.2, 0) is 6.42 Å². The summed E-state index contributed by atoms with van der Waals surface area (Å²) in [7, 11) is 0. The van der Waals surface area contributed by atoms with Gasteiger partial charge in [-0.25, -0.2) is 4.79 Å². The minimum Gasteiger partial charge on any atom is -0.338 e. The molecule has 0 radical (unpaired) electrons. The molecule has 0 bridgehead atoms. The summed E-state index contributed by atoms with van der Waals surface area (Å²) in [5.41, 5.74) is 2.65. The molecule has 1 fully saturated rings. The summed E-state index contributed by atoms with van der Waals surface area (Å²) in [5, 5.41) is 6.14. The zero-order chi connectivity index (χ0) is 17.5. The summed E-state index contributed by atoms with van der Waals surface area (Å²) in [4.78, 5) is 17.2. The van der Waals surface area contributed by atoms with Crippen LogP contribution in [0.15, 0.2) is 24.3 Å². The van der Waals surface area contributed by atoms with Gasteiger partial charge in [0, 0.05) is 32.7 Å². The zero-order valence-corrected chi connectivity index (χ0v) is 15.5. The van der Waals surface area contributed by atoms with Crippen LogP contribution in [0.1, 0.15) is 43.4 Å². The lowest BCUT2D eigenvalue weighted by Crippen LogP contribution is -2.46. The van der Waals surface area contributed by atoms with Gasteiger partial charge < -0.3 is 20.4 Å². The minimum absolute atomic E-state index is 0.0294. The smallest absolute Gasteiger partial charge is 0.315 e. The lowest BCUT2D eigenvalue weighted by atomic mass is 10.1. The molecule has 1 aromatic rings. The second-order valence-corrected chi connectivity index (χ2v) is 7.17. The lowest BCUT2D eigenvalue weighted by Gasteiger charge is -2.33. The zero-order valence-electron chi connectivity index (χ0n) is 15.5. The fourth-order valence-electron chi connectivity index (χ4n) is 3.91. The SMILES string of the molecule is CCN1CCN(CCCCNC(=O)N[C@@H]2CCc3ccccc32)CC1. The lowest BCUT2D eigenvalue weighted by molar-refractivity contribution is 0.135. The monoisotopic (exact) mass is 344 g/mol. The normalized spacial score (nSPS) is 21.1. The number of nitrogens with zero attached hydrogens (tertiary/aromatic N) is 2. The summed E-state index contributed by atoms with van der Waals surface area (Å²) in [6, 6.07) is 8.56. The average Bonchev–Trinajstić information content (AvgIpc) is 3.05. The average molecular weight is 345 g/mol. The van der Waals surface area contributed by atoms with Crippen LogP contribution < -0.4 is 10.6 Å². The summed E-state index contributed by atoms with van der Waals surface area (Å²) in [6.07, 6.45) is 4.27. The van der Waals surface area contributed by atoms with E-state index in [1.807, 2.05) is 0 Å². The predicted molar refractivity (Wildman–Crippen MR) is 102 cm³/mol. The van der Waals surface area contributed by atoms with Gasteiger partial charge in [0.25, 0.3) is 0 Å². The molecule has 0 spiro atoms. The van der Waals surface area contributed by atoms with Crippen molar-refractivity contribution >= 4 is 6.03 Å². The third-order valence-electron chi connectivity index (χ3n) is 5.54. The number of nitrogens with one attached hydrogen (secondary N) is 2. The second-order valence-electron chi connectivity index (χ2n) is 7.17. The van der Waals surface area contributed by atoms with Gasteiger partial charge in [-0.2, -0.15) is 0 Å². The van der Waals surface area contributed by atoms with Crippen molar-refractivity contribution in [3.8, 4) is 0 Å². The first-order chi connectivity index (χ1) is 12.3. The van der Waals surface area contributed by atoms with Gasteiger partial charge in [-0.05, 0) is 49.9 Å². The van der Waals surface area contributed by atoms with Crippen LogP contribution >= 0.6 is 0 Å². The third kappa shape index (κ3) is 5.19. The van der Waals surface area contributed by atoms with E-state index < -0.39 is 0 Å². The molecule has 2 amide bonds. The molecule has 0 saturated carbocycles. The summed E-state index contributed by atoms with van der Waals surface area (Å²) in [5.74, 6) is 0. The highest BCUT2D eigenvalue weighted by Gasteiger charge is 2.23. The van der Waals surface area contributed by atoms with E-state index >= 15 is 0 Å². The first-order valence-corrected chi connectivity index (χ1v) is 9.83. The number of urea groups is 1. The molecule has 1 aliphatic carbocycles. The van der Waals surface area contributed by atoms with Gasteiger partial charge in [-0.15, -0.1) is 0 Å². The van der Waals surface area contributed by atoms with Crippen molar-refractivity contribution in [3.63, 3.8) is 0 Å². The Bertz CT molecular complexity index is 554. The maximum Gasteiger partial charge on any atom is 0.315 e. The number of hydrogen-bond acceptors (Lipinski definition) is 3. The number of unbranched alkanes of at least 4 members (excludes halogenated alkanes) is 1. The molecule has 5 heteroatoms. The van der Waals surface area contributed by atoms with E-state index in [0.717, 1.165) is 38.8 Å². The number of hydrogen-bond donors (Lipinski definition) is 2. The first kappa shape index (κ1) is 18.2. The van der Waals surface area contributed by atoms with E-state index in [-0.39, 0.29) is 12.1 Å². The number of benzene rings is 1. The summed E-state index contributed by atoms with van der Waals surface area (Å²) < 4.78 is 0. The molecule has 1 saturated heterocycles. The van der Waals surface area contributed by atoms with Gasteiger partial charge in [0.1, 0.15) is 0 Å². The molecule has 5 nitrogen and oxygen atoms in total. The number of aryl methyl sites for hydroxylation is 1. The highest BCUT2D eigenvalue weighted by molar-refractivity contribution is 5.74. The van der Waals surface area contributed by atoms with Crippen LogP contribution in [0.25, 0.3) is 0 Å². The first-order valence-electron chi connectivity index (χ1n) is 9.83. The summed E-state index contributed by atoms with van der Waals surface area (Å²) in [6.45, 7) is 10.1. The highest BCUT2D eigenvalue weighted by Crippen LogP contribution is 2.30. The molecule has 2 N–H and O–H groups in total. The van der Waals surface area contributed by atoms with E-state index in [1.165, 1.54) is 43.9 Å². The maximum absolute atomic E-state index is 12.1. The molecule has 0 aromatic heterocycles. The molecule has 1 aromatic carbocycles. The van der Waals surface area contributed by atoms with E-state index in [4.69, 9.17) is 0 Å². The minimum atomic E-state index is -0.0294. The van der Waals surface area contributed by atoms with E-state index in [0.29, 0.717) is 0 Å². The van der Waals surface area contributed by atoms with E-state index in [1.54, 1.807) is 0 Å². The van der Waals surface area contributed by atoms with Crippen LogP contribution in [0.2, 0.25) is 0 Å². The van der Waals surface area contributed by atoms with Gasteiger partial charge >= 0.3 is 6.03 Å². The van der Waals surface area contributed by atoms with Crippen LogP contribution in [-0.4, -0.2) is 61.6 Å². The highest BCUT2D eigenvalue weighted by atomic mass is 16.2. The van der Waals surface area contributed by atoms with Crippen molar-refractivity contribution in [2.24, 2.45) is 0 Å². The molecule has 1 heterocycles. The molecule has 2 aliphatic rings. The van der Waals surface area contributed by atoms with Gasteiger partial charge in [-0.3, -0.25) is 0 Å². The van der Waals surface area contributed by atoms with Crippen molar-refractivity contribution < 1.29 is 4.79 Å². The largest absolute Gasteiger partial charge is 0.338 e. The fraction of sp³-hybridized carbons (Fsp3) is 0.650. The van der Waals surface area contributed by atoms with Crippen LogP contribution in [0, 0.1) is 0 Å². The van der Waals surface area contributed by atoms with Crippen molar-refractivity contribution in [2.45, 2.75) is 38.6 Å². The van der Waals surface area contributed by atoms with Crippen molar-refractivity contribution in [2.75, 3.05) is 45.8 Å². The Morgan fingerprint density at radius 3 is 2.68 bits per heavy atom. The number of rotatable bonds is 7.